The van der Waals surface area contributed by atoms with Crippen LogP contribution in [0, 0.1) is 20.8 Å². The zero-order valence-electron chi connectivity index (χ0n) is 19.4. The Hall–Kier alpha value is -3.91. The van der Waals surface area contributed by atoms with Gasteiger partial charge in [0.15, 0.2) is 6.20 Å². The van der Waals surface area contributed by atoms with E-state index in [1.165, 1.54) is 49.4 Å². The van der Waals surface area contributed by atoms with Crippen molar-refractivity contribution in [2.45, 2.75) is 20.8 Å². The van der Waals surface area contributed by atoms with Gasteiger partial charge in [0.1, 0.15) is 18.2 Å². The van der Waals surface area contributed by atoms with Crippen LogP contribution < -0.4 is 4.57 Å². The third-order valence-electron chi connectivity index (χ3n) is 6.88. The van der Waals surface area contributed by atoms with Crippen LogP contribution >= 0.6 is 0 Å². The topological polar surface area (TPSA) is 17.0 Å². The number of hydrogen-bond donors (Lipinski definition) is 0. The highest BCUT2D eigenvalue weighted by Crippen LogP contribution is 2.41. The Morgan fingerprint density at radius 3 is 2.18 bits per heavy atom. The van der Waals surface area contributed by atoms with E-state index in [2.05, 4.69) is 117 Å². The maximum absolute atomic E-state index is 6.63. The molecule has 0 atom stereocenters. The molecule has 2 nitrogen and oxygen atoms in total. The van der Waals surface area contributed by atoms with Gasteiger partial charge < -0.3 is 4.42 Å². The molecule has 33 heavy (non-hydrogen) atoms. The van der Waals surface area contributed by atoms with Crippen LogP contribution in [0.15, 0.2) is 89.5 Å². The lowest BCUT2D eigenvalue weighted by Gasteiger charge is -2.10. The van der Waals surface area contributed by atoms with Gasteiger partial charge in [-0.3, -0.25) is 0 Å². The molecule has 0 spiro atoms. The first-order chi connectivity index (χ1) is 16.0. The van der Waals surface area contributed by atoms with Crippen molar-refractivity contribution in [1.82, 2.24) is 0 Å². The fourth-order valence-corrected chi connectivity index (χ4v) is 5.25. The number of benzene rings is 4. The molecule has 2 heteroatoms. The Morgan fingerprint density at radius 1 is 0.667 bits per heavy atom. The molecule has 6 aromatic rings. The fraction of sp³-hybridized carbons (Fsp3) is 0.129. The van der Waals surface area contributed by atoms with Crippen LogP contribution in [0.25, 0.3) is 55.1 Å². The summed E-state index contributed by atoms with van der Waals surface area (Å²) in [7, 11) is 2.12. The molecular formula is C31H26NO+. The molecule has 2 heterocycles. The monoisotopic (exact) mass is 428 g/mol. The standard InChI is InChI=1S/C31H26NO/c1-19-14-15-25-30-24-13-9-8-12-23(24)20(2)16-28(30)33-31(25)29(19)27-17-26(21(3)18-32(27)4)22-10-6-5-7-11-22/h5-18H,1-4H3/q+1. The number of aromatic nitrogens is 1. The molecule has 4 aromatic carbocycles. The quantitative estimate of drug-likeness (QED) is 0.257. The summed E-state index contributed by atoms with van der Waals surface area (Å²) in [6.45, 7) is 6.51. The molecule has 0 unspecified atom stereocenters. The summed E-state index contributed by atoms with van der Waals surface area (Å²) in [6.07, 6.45) is 2.22. The molecule has 6 rings (SSSR count). The molecule has 0 N–H and O–H groups in total. The zero-order valence-corrected chi connectivity index (χ0v) is 19.4. The normalized spacial score (nSPS) is 11.6. The Labute approximate surface area is 193 Å². The van der Waals surface area contributed by atoms with Crippen molar-refractivity contribution in [1.29, 1.82) is 0 Å². The van der Waals surface area contributed by atoms with E-state index in [1.54, 1.807) is 0 Å². The summed E-state index contributed by atoms with van der Waals surface area (Å²) >= 11 is 0. The van der Waals surface area contributed by atoms with Crippen LogP contribution in [-0.4, -0.2) is 0 Å². The molecule has 0 aliphatic carbocycles. The van der Waals surface area contributed by atoms with E-state index >= 15 is 0 Å². The Morgan fingerprint density at radius 2 is 1.39 bits per heavy atom. The lowest BCUT2D eigenvalue weighted by atomic mass is 9.95. The molecule has 0 aliphatic heterocycles. The second kappa shape index (κ2) is 7.31. The average Bonchev–Trinajstić information content (AvgIpc) is 3.19. The molecule has 0 fully saturated rings. The van der Waals surface area contributed by atoms with Crippen molar-refractivity contribution >= 4 is 32.7 Å². The molecule has 0 radical (unpaired) electrons. The highest BCUT2D eigenvalue weighted by Gasteiger charge is 2.23. The molecule has 0 saturated carbocycles. The number of aryl methyl sites for hydroxylation is 4. The third kappa shape index (κ3) is 2.98. The molecule has 0 bridgehead atoms. The third-order valence-corrected chi connectivity index (χ3v) is 6.88. The molecular weight excluding hydrogens is 402 g/mol. The first-order valence-corrected chi connectivity index (χ1v) is 11.4. The van der Waals surface area contributed by atoms with Gasteiger partial charge in [-0.1, -0.05) is 66.7 Å². The number of rotatable bonds is 2. The van der Waals surface area contributed by atoms with Crippen molar-refractivity contribution in [3.05, 3.63) is 102 Å². The number of nitrogens with zero attached hydrogens (tertiary/aromatic N) is 1. The minimum atomic E-state index is 0.950. The summed E-state index contributed by atoms with van der Waals surface area (Å²) in [5.74, 6) is 0. The van der Waals surface area contributed by atoms with Gasteiger partial charge in [0.2, 0.25) is 5.69 Å². The predicted molar refractivity (Wildman–Crippen MR) is 137 cm³/mol. The lowest BCUT2D eigenvalue weighted by Crippen LogP contribution is -2.31. The molecule has 2 aromatic heterocycles. The van der Waals surface area contributed by atoms with Gasteiger partial charge in [-0.05, 0) is 59.9 Å². The van der Waals surface area contributed by atoms with Gasteiger partial charge in [-0.2, -0.15) is 0 Å². The number of pyridine rings is 1. The van der Waals surface area contributed by atoms with Crippen molar-refractivity contribution < 1.29 is 8.98 Å². The van der Waals surface area contributed by atoms with Gasteiger partial charge >= 0.3 is 0 Å². The maximum atomic E-state index is 6.63. The minimum Gasteiger partial charge on any atom is -0.455 e. The number of hydrogen-bond acceptors (Lipinski definition) is 1. The average molecular weight is 429 g/mol. The summed E-state index contributed by atoms with van der Waals surface area (Å²) in [5.41, 5.74) is 10.4. The van der Waals surface area contributed by atoms with E-state index in [-0.39, 0.29) is 0 Å². The van der Waals surface area contributed by atoms with Gasteiger partial charge in [0.25, 0.3) is 0 Å². The van der Waals surface area contributed by atoms with Crippen LogP contribution in [0.4, 0.5) is 0 Å². The Kier molecular flexibility index (Phi) is 4.38. The second-order valence-corrected chi connectivity index (χ2v) is 9.08. The van der Waals surface area contributed by atoms with Crippen LogP contribution in [0.3, 0.4) is 0 Å². The molecule has 0 amide bonds. The van der Waals surface area contributed by atoms with E-state index in [9.17, 15) is 0 Å². The van der Waals surface area contributed by atoms with E-state index in [1.807, 2.05) is 0 Å². The second-order valence-electron chi connectivity index (χ2n) is 9.08. The summed E-state index contributed by atoms with van der Waals surface area (Å²) in [6, 6.07) is 28.2. The maximum Gasteiger partial charge on any atom is 0.216 e. The molecule has 160 valence electrons. The smallest absolute Gasteiger partial charge is 0.216 e. The fourth-order valence-electron chi connectivity index (χ4n) is 5.25. The summed E-state index contributed by atoms with van der Waals surface area (Å²) < 4.78 is 8.85. The highest BCUT2D eigenvalue weighted by molar-refractivity contribution is 6.21. The van der Waals surface area contributed by atoms with E-state index in [0.717, 1.165) is 22.4 Å². The van der Waals surface area contributed by atoms with Crippen LogP contribution in [0.5, 0.6) is 0 Å². The Bertz CT molecular complexity index is 1690. The zero-order chi connectivity index (χ0) is 22.7. The lowest BCUT2D eigenvalue weighted by molar-refractivity contribution is -0.660. The molecule has 0 aliphatic rings. The highest BCUT2D eigenvalue weighted by atomic mass is 16.3. The molecule has 0 saturated heterocycles. The van der Waals surface area contributed by atoms with Crippen molar-refractivity contribution in [2.75, 3.05) is 0 Å². The van der Waals surface area contributed by atoms with Crippen molar-refractivity contribution in [3.63, 3.8) is 0 Å². The van der Waals surface area contributed by atoms with E-state index < -0.39 is 0 Å². The first kappa shape index (κ1) is 19.8. The SMILES string of the molecule is Cc1c[n+](C)c(-c2c(C)ccc3c2oc2cc(C)c4ccccc4c23)cc1-c1ccccc1. The van der Waals surface area contributed by atoms with Gasteiger partial charge in [-0.25, -0.2) is 4.57 Å². The van der Waals surface area contributed by atoms with E-state index in [4.69, 9.17) is 4.42 Å². The van der Waals surface area contributed by atoms with Crippen molar-refractivity contribution in [3.8, 4) is 22.4 Å². The minimum absolute atomic E-state index is 0.950. The van der Waals surface area contributed by atoms with Crippen LogP contribution in [-0.2, 0) is 7.05 Å². The van der Waals surface area contributed by atoms with Gasteiger partial charge in [-0.15, -0.1) is 0 Å². The van der Waals surface area contributed by atoms with Crippen LogP contribution in [0.1, 0.15) is 16.7 Å². The predicted octanol–water partition coefficient (Wildman–Crippen LogP) is 7.82. The summed E-state index contributed by atoms with van der Waals surface area (Å²) in [5, 5.41) is 4.90. The summed E-state index contributed by atoms with van der Waals surface area (Å²) in [4.78, 5) is 0. The number of fused-ring (bicyclic) bond motifs is 5. The van der Waals surface area contributed by atoms with Crippen molar-refractivity contribution in [2.24, 2.45) is 7.05 Å². The van der Waals surface area contributed by atoms with Gasteiger partial charge in [0, 0.05) is 22.4 Å². The van der Waals surface area contributed by atoms with Gasteiger partial charge in [0.05, 0.1) is 5.56 Å². The number of furan rings is 1. The van der Waals surface area contributed by atoms with E-state index in [0.29, 0.717) is 0 Å². The largest absolute Gasteiger partial charge is 0.455 e. The first-order valence-electron chi connectivity index (χ1n) is 11.4. The van der Waals surface area contributed by atoms with Crippen LogP contribution in [0.2, 0.25) is 0 Å². The Balaban J connectivity index is 1.71.